The van der Waals surface area contributed by atoms with E-state index in [2.05, 4.69) is 13.0 Å². The van der Waals surface area contributed by atoms with Crippen LogP contribution in [0.25, 0.3) is 0 Å². The minimum atomic E-state index is -0.112. The summed E-state index contributed by atoms with van der Waals surface area (Å²) in [5.74, 6) is 0.453. The van der Waals surface area contributed by atoms with E-state index in [0.717, 1.165) is 0 Å². The molecule has 1 aromatic rings. The minimum absolute atomic E-state index is 0.112. The standard InChI is InChI=1S/C25H37F/c1-2-16-25(17-7-4-8-18-25)19-15-23(20-21-9-5-3-6-10-21)22-11-13-24(26)14-12-22/h9,11-14,23H,2-8,10,15-20H2,1H3. The van der Waals surface area contributed by atoms with Crippen molar-refractivity contribution < 1.29 is 4.39 Å². The van der Waals surface area contributed by atoms with Gasteiger partial charge in [0.25, 0.3) is 0 Å². The molecule has 26 heavy (non-hydrogen) atoms. The lowest BCUT2D eigenvalue weighted by molar-refractivity contribution is 0.147. The predicted octanol–water partition coefficient (Wildman–Crippen LogP) is 8.33. The van der Waals surface area contributed by atoms with Gasteiger partial charge in [0.05, 0.1) is 0 Å². The van der Waals surface area contributed by atoms with E-state index in [4.69, 9.17) is 0 Å². The molecule has 0 N–H and O–H groups in total. The van der Waals surface area contributed by atoms with Crippen molar-refractivity contribution in [3.63, 3.8) is 0 Å². The average molecular weight is 357 g/mol. The zero-order chi connectivity index (χ0) is 18.2. The van der Waals surface area contributed by atoms with E-state index in [1.165, 1.54) is 95.5 Å². The Hall–Kier alpha value is -1.11. The summed E-state index contributed by atoms with van der Waals surface area (Å²) in [4.78, 5) is 0. The maximum Gasteiger partial charge on any atom is 0.123 e. The van der Waals surface area contributed by atoms with E-state index in [9.17, 15) is 4.39 Å². The Balaban J connectivity index is 1.71. The van der Waals surface area contributed by atoms with Crippen LogP contribution in [0.15, 0.2) is 35.9 Å². The van der Waals surface area contributed by atoms with E-state index < -0.39 is 0 Å². The van der Waals surface area contributed by atoms with Gasteiger partial charge in [-0.15, -0.1) is 0 Å². The fraction of sp³-hybridized carbons (Fsp3) is 0.680. The van der Waals surface area contributed by atoms with Gasteiger partial charge >= 0.3 is 0 Å². The maximum atomic E-state index is 13.4. The van der Waals surface area contributed by atoms with Crippen LogP contribution in [0.2, 0.25) is 0 Å². The second-order valence-electron chi connectivity index (χ2n) is 8.91. The van der Waals surface area contributed by atoms with Crippen LogP contribution >= 0.6 is 0 Å². The van der Waals surface area contributed by atoms with Gasteiger partial charge in [0.15, 0.2) is 0 Å². The third-order valence-corrected chi connectivity index (χ3v) is 6.95. The Labute approximate surface area is 160 Å². The van der Waals surface area contributed by atoms with Crippen LogP contribution < -0.4 is 0 Å². The van der Waals surface area contributed by atoms with E-state index in [1.54, 1.807) is 17.7 Å². The van der Waals surface area contributed by atoms with Gasteiger partial charge in [0.2, 0.25) is 0 Å². The van der Waals surface area contributed by atoms with Crippen LogP contribution in [0.1, 0.15) is 108 Å². The molecule has 3 rings (SSSR count). The number of benzene rings is 1. The second kappa shape index (κ2) is 9.72. The van der Waals surface area contributed by atoms with Gasteiger partial charge in [0.1, 0.15) is 5.82 Å². The van der Waals surface area contributed by atoms with E-state index in [0.29, 0.717) is 11.3 Å². The minimum Gasteiger partial charge on any atom is -0.207 e. The van der Waals surface area contributed by atoms with Crippen molar-refractivity contribution in [2.24, 2.45) is 5.41 Å². The number of allylic oxidation sites excluding steroid dienone is 2. The summed E-state index contributed by atoms with van der Waals surface area (Å²) in [5.41, 5.74) is 3.59. The molecule has 0 radical (unpaired) electrons. The Morgan fingerprint density at radius 3 is 2.38 bits per heavy atom. The summed E-state index contributed by atoms with van der Waals surface area (Å²) >= 11 is 0. The van der Waals surface area contributed by atoms with Crippen molar-refractivity contribution in [2.75, 3.05) is 0 Å². The van der Waals surface area contributed by atoms with Crippen molar-refractivity contribution in [3.05, 3.63) is 47.3 Å². The third kappa shape index (κ3) is 5.44. The molecule has 144 valence electrons. The molecule has 0 nitrogen and oxygen atoms in total. The van der Waals surface area contributed by atoms with Crippen LogP contribution in [0.5, 0.6) is 0 Å². The van der Waals surface area contributed by atoms with Crippen molar-refractivity contribution in [3.8, 4) is 0 Å². The van der Waals surface area contributed by atoms with Crippen molar-refractivity contribution in [2.45, 2.75) is 103 Å². The molecule has 1 atom stereocenters. The fourth-order valence-corrected chi connectivity index (χ4v) is 5.47. The quantitative estimate of drug-likeness (QED) is 0.411. The number of hydrogen-bond donors (Lipinski definition) is 0. The lowest BCUT2D eigenvalue weighted by Crippen LogP contribution is -2.25. The van der Waals surface area contributed by atoms with Crippen molar-refractivity contribution in [1.29, 1.82) is 0 Å². The van der Waals surface area contributed by atoms with Gasteiger partial charge in [-0.2, -0.15) is 0 Å². The smallest absolute Gasteiger partial charge is 0.123 e. The van der Waals surface area contributed by atoms with Gasteiger partial charge in [-0.3, -0.25) is 0 Å². The summed E-state index contributed by atoms with van der Waals surface area (Å²) in [6.07, 6.45) is 21.4. The zero-order valence-corrected chi connectivity index (χ0v) is 16.7. The summed E-state index contributed by atoms with van der Waals surface area (Å²) in [7, 11) is 0. The van der Waals surface area contributed by atoms with Crippen LogP contribution in [0.4, 0.5) is 4.39 Å². The van der Waals surface area contributed by atoms with Gasteiger partial charge < -0.3 is 0 Å². The van der Waals surface area contributed by atoms with E-state index in [-0.39, 0.29) is 5.82 Å². The molecule has 1 fully saturated rings. The van der Waals surface area contributed by atoms with Gasteiger partial charge in [-0.1, -0.05) is 56.4 Å². The molecule has 2 aliphatic rings. The molecule has 0 aliphatic heterocycles. The molecule has 0 saturated heterocycles. The molecular formula is C25H37F. The number of hydrogen-bond acceptors (Lipinski definition) is 0. The first-order valence-electron chi connectivity index (χ1n) is 11.1. The highest BCUT2D eigenvalue weighted by atomic mass is 19.1. The van der Waals surface area contributed by atoms with Gasteiger partial charge in [-0.25, -0.2) is 4.39 Å². The third-order valence-electron chi connectivity index (χ3n) is 6.95. The van der Waals surface area contributed by atoms with Crippen LogP contribution in [0, 0.1) is 11.2 Å². The highest BCUT2D eigenvalue weighted by Gasteiger charge is 2.31. The highest BCUT2D eigenvalue weighted by Crippen LogP contribution is 2.46. The fourth-order valence-electron chi connectivity index (χ4n) is 5.47. The number of halogens is 1. The molecule has 0 spiro atoms. The largest absolute Gasteiger partial charge is 0.207 e. The van der Waals surface area contributed by atoms with E-state index >= 15 is 0 Å². The molecule has 0 bridgehead atoms. The Bertz CT molecular complexity index is 557. The molecule has 1 aromatic carbocycles. The summed E-state index contributed by atoms with van der Waals surface area (Å²) in [6, 6.07) is 7.38. The first-order chi connectivity index (χ1) is 12.7. The molecule has 0 heterocycles. The summed E-state index contributed by atoms with van der Waals surface area (Å²) in [5, 5.41) is 0. The lowest BCUT2D eigenvalue weighted by Gasteiger charge is -2.38. The SMILES string of the molecule is CCCC1(CCC(CC2=CCCCC2)c2ccc(F)cc2)CCCCC1. The Morgan fingerprint density at radius 2 is 1.73 bits per heavy atom. The lowest BCUT2D eigenvalue weighted by atomic mass is 9.67. The summed E-state index contributed by atoms with van der Waals surface area (Å²) < 4.78 is 13.4. The van der Waals surface area contributed by atoms with Crippen molar-refractivity contribution >= 4 is 0 Å². The average Bonchev–Trinajstić information content (AvgIpc) is 2.68. The van der Waals surface area contributed by atoms with Crippen LogP contribution in [0.3, 0.4) is 0 Å². The molecule has 0 aromatic heterocycles. The van der Waals surface area contributed by atoms with Crippen LogP contribution in [-0.4, -0.2) is 0 Å². The number of rotatable bonds is 8. The molecule has 1 heteroatoms. The van der Waals surface area contributed by atoms with Gasteiger partial charge in [-0.05, 0) is 93.2 Å². The van der Waals surface area contributed by atoms with Crippen LogP contribution in [-0.2, 0) is 0 Å². The predicted molar refractivity (Wildman–Crippen MR) is 110 cm³/mol. The summed E-state index contributed by atoms with van der Waals surface area (Å²) in [6.45, 7) is 2.35. The van der Waals surface area contributed by atoms with E-state index in [1.807, 2.05) is 12.1 Å². The highest BCUT2D eigenvalue weighted by molar-refractivity contribution is 5.23. The molecule has 2 aliphatic carbocycles. The van der Waals surface area contributed by atoms with Gasteiger partial charge in [0, 0.05) is 0 Å². The first-order valence-corrected chi connectivity index (χ1v) is 11.1. The Kier molecular flexibility index (Phi) is 7.34. The zero-order valence-electron chi connectivity index (χ0n) is 16.7. The topological polar surface area (TPSA) is 0 Å². The first kappa shape index (κ1) is 19.6. The monoisotopic (exact) mass is 356 g/mol. The molecule has 0 amide bonds. The molecule has 1 unspecified atom stereocenters. The second-order valence-corrected chi connectivity index (χ2v) is 8.91. The maximum absolute atomic E-state index is 13.4. The normalized spacial score (nSPS) is 21.2. The van der Waals surface area contributed by atoms with Crippen molar-refractivity contribution in [1.82, 2.24) is 0 Å². The molecule has 1 saturated carbocycles. The molecular weight excluding hydrogens is 319 g/mol. The Morgan fingerprint density at radius 1 is 0.962 bits per heavy atom.